The molecule has 152 valence electrons. The second kappa shape index (κ2) is 6.93. The quantitative estimate of drug-likeness (QED) is 0.636. The number of aliphatic hydroxyl groups excluding tert-OH is 3. The van der Waals surface area contributed by atoms with Gasteiger partial charge in [0.2, 0.25) is 0 Å². The first-order chi connectivity index (χ1) is 11.9. The lowest BCUT2D eigenvalue weighted by atomic mass is 9.84. The van der Waals surface area contributed by atoms with E-state index in [2.05, 4.69) is 0 Å². The molecule has 3 N–H and O–H groups in total. The van der Waals surface area contributed by atoms with Crippen molar-refractivity contribution in [2.24, 2.45) is 5.92 Å². The molecule has 0 spiro atoms. The molecule has 8 nitrogen and oxygen atoms in total. The van der Waals surface area contributed by atoms with Crippen molar-refractivity contribution < 1.29 is 34.4 Å². The molecule has 0 aliphatic carbocycles. The molecule has 0 aromatic carbocycles. The summed E-state index contributed by atoms with van der Waals surface area (Å²) in [5.74, 6) is -0.492. The van der Waals surface area contributed by atoms with E-state index >= 15 is 0 Å². The Hall–Kier alpha value is -0.320. The van der Waals surface area contributed by atoms with Gasteiger partial charge in [-0.1, -0.05) is 0 Å². The standard InChI is InChI=1S/C18H33NO7/c1-17(2,3)24-9-7-19-12(15(9)25-18(4,5)6)11-14(22)13(21)10(8-20)23-16(11)26-19/h9-16,20-22H,7-8H2,1-6H3/t9-,10-,11-,12-,13+,14-,15+,16-/m1/s1. The monoisotopic (exact) mass is 375 g/mol. The minimum absolute atomic E-state index is 0.236. The van der Waals surface area contributed by atoms with Gasteiger partial charge in [-0.15, -0.1) is 0 Å². The van der Waals surface area contributed by atoms with Crippen LogP contribution in [0.4, 0.5) is 0 Å². The Labute approximate surface area is 154 Å². The van der Waals surface area contributed by atoms with E-state index in [4.69, 9.17) is 19.0 Å². The lowest BCUT2D eigenvalue weighted by Gasteiger charge is -2.41. The number of hydrogen-bond donors (Lipinski definition) is 3. The normalized spacial score (nSPS) is 44.2. The van der Waals surface area contributed by atoms with Gasteiger partial charge in [0, 0.05) is 0 Å². The summed E-state index contributed by atoms with van der Waals surface area (Å²) in [7, 11) is 0. The van der Waals surface area contributed by atoms with E-state index in [1.807, 2.05) is 41.5 Å². The van der Waals surface area contributed by atoms with E-state index in [0.29, 0.717) is 6.54 Å². The maximum atomic E-state index is 10.7. The number of hydroxylamine groups is 2. The summed E-state index contributed by atoms with van der Waals surface area (Å²) >= 11 is 0. The van der Waals surface area contributed by atoms with E-state index < -0.39 is 36.1 Å². The first-order valence-corrected chi connectivity index (χ1v) is 9.33. The molecular formula is C18H33NO7. The Morgan fingerprint density at radius 1 is 1.00 bits per heavy atom. The highest BCUT2D eigenvalue weighted by Crippen LogP contribution is 2.45. The molecule has 8 atom stereocenters. The van der Waals surface area contributed by atoms with Crippen LogP contribution in [-0.2, 0) is 19.0 Å². The largest absolute Gasteiger partial charge is 0.394 e. The van der Waals surface area contributed by atoms with Crippen LogP contribution < -0.4 is 0 Å². The van der Waals surface area contributed by atoms with E-state index in [9.17, 15) is 15.3 Å². The lowest BCUT2D eigenvalue weighted by Crippen LogP contribution is -2.59. The van der Waals surface area contributed by atoms with Crippen LogP contribution in [0.25, 0.3) is 0 Å². The smallest absolute Gasteiger partial charge is 0.185 e. The molecule has 3 rings (SSSR count). The van der Waals surface area contributed by atoms with Gasteiger partial charge in [-0.05, 0) is 41.5 Å². The molecule has 26 heavy (non-hydrogen) atoms. The van der Waals surface area contributed by atoms with Crippen LogP contribution in [0.3, 0.4) is 0 Å². The summed E-state index contributed by atoms with van der Waals surface area (Å²) in [6, 6.07) is -0.309. The molecule has 3 saturated heterocycles. The third-order valence-electron chi connectivity index (χ3n) is 4.95. The highest BCUT2D eigenvalue weighted by molar-refractivity contribution is 5.06. The molecule has 0 aromatic rings. The molecule has 0 bridgehead atoms. The zero-order chi connectivity index (χ0) is 19.4. The van der Waals surface area contributed by atoms with Gasteiger partial charge in [-0.2, -0.15) is 5.06 Å². The van der Waals surface area contributed by atoms with Crippen molar-refractivity contribution in [3.05, 3.63) is 0 Å². The maximum absolute atomic E-state index is 10.7. The molecule has 0 radical (unpaired) electrons. The first kappa shape index (κ1) is 20.4. The summed E-state index contributed by atoms with van der Waals surface area (Å²) < 4.78 is 18.2. The summed E-state index contributed by atoms with van der Waals surface area (Å²) in [5.41, 5.74) is -0.766. The predicted molar refractivity (Wildman–Crippen MR) is 92.1 cm³/mol. The Balaban J connectivity index is 1.86. The SMILES string of the molecule is CC(C)(C)O[C@@H]1[C@H]2[C@H]3[C@H](O[C@H](CO)[C@H](O)[C@@H]3O)ON2C[C@H]1OC(C)(C)C. The average Bonchev–Trinajstić information content (AvgIpc) is 2.97. The summed E-state index contributed by atoms with van der Waals surface area (Å²) in [5, 5.41) is 32.1. The van der Waals surface area contributed by atoms with Gasteiger partial charge in [-0.25, -0.2) is 0 Å². The van der Waals surface area contributed by atoms with Crippen molar-refractivity contribution in [3.63, 3.8) is 0 Å². The van der Waals surface area contributed by atoms with E-state index in [-0.39, 0.29) is 30.5 Å². The number of fused-ring (bicyclic) bond motifs is 3. The van der Waals surface area contributed by atoms with Gasteiger partial charge in [0.25, 0.3) is 0 Å². The molecule has 3 heterocycles. The van der Waals surface area contributed by atoms with Crippen molar-refractivity contribution in [1.82, 2.24) is 5.06 Å². The average molecular weight is 375 g/mol. The number of nitrogens with zero attached hydrogens (tertiary/aromatic N) is 1. The number of aliphatic hydroxyl groups is 3. The van der Waals surface area contributed by atoms with Gasteiger partial charge in [0.15, 0.2) is 6.29 Å². The number of ether oxygens (including phenoxy) is 3. The van der Waals surface area contributed by atoms with Gasteiger partial charge >= 0.3 is 0 Å². The zero-order valence-corrected chi connectivity index (χ0v) is 16.5. The molecule has 0 unspecified atom stereocenters. The van der Waals surface area contributed by atoms with Crippen LogP contribution >= 0.6 is 0 Å². The zero-order valence-electron chi connectivity index (χ0n) is 16.5. The number of rotatable bonds is 3. The Bertz CT molecular complexity index is 501. The first-order valence-electron chi connectivity index (χ1n) is 9.33. The molecule has 0 amide bonds. The molecule has 0 saturated carbocycles. The minimum atomic E-state index is -1.18. The lowest BCUT2D eigenvalue weighted by molar-refractivity contribution is -0.301. The summed E-state index contributed by atoms with van der Waals surface area (Å²) in [6.07, 6.45) is -4.43. The molecule has 3 fully saturated rings. The molecule has 3 aliphatic rings. The molecular weight excluding hydrogens is 342 g/mol. The topological polar surface area (TPSA) is 101 Å². The van der Waals surface area contributed by atoms with Crippen LogP contribution in [-0.4, -0.2) is 87.6 Å². The fourth-order valence-electron chi connectivity index (χ4n) is 4.12. The number of hydrogen-bond acceptors (Lipinski definition) is 8. The Morgan fingerprint density at radius 2 is 1.62 bits per heavy atom. The molecule has 0 aromatic heterocycles. The van der Waals surface area contributed by atoms with Gasteiger partial charge in [-0.3, -0.25) is 4.84 Å². The van der Waals surface area contributed by atoms with Crippen molar-refractivity contribution in [1.29, 1.82) is 0 Å². The fourth-order valence-corrected chi connectivity index (χ4v) is 4.12. The second-order valence-electron chi connectivity index (χ2n) is 9.44. The fraction of sp³-hybridized carbons (Fsp3) is 1.00. The second-order valence-corrected chi connectivity index (χ2v) is 9.44. The van der Waals surface area contributed by atoms with E-state index in [1.165, 1.54) is 0 Å². The highest BCUT2D eigenvalue weighted by atomic mass is 16.8. The molecule has 3 aliphatic heterocycles. The van der Waals surface area contributed by atoms with Gasteiger partial charge in [0.05, 0.1) is 42.4 Å². The van der Waals surface area contributed by atoms with Crippen LogP contribution in [0, 0.1) is 5.92 Å². The van der Waals surface area contributed by atoms with Crippen molar-refractivity contribution in [3.8, 4) is 0 Å². The van der Waals surface area contributed by atoms with Crippen LogP contribution in [0.1, 0.15) is 41.5 Å². The van der Waals surface area contributed by atoms with E-state index in [0.717, 1.165) is 0 Å². The van der Waals surface area contributed by atoms with Crippen LogP contribution in [0.2, 0.25) is 0 Å². The van der Waals surface area contributed by atoms with E-state index in [1.54, 1.807) is 5.06 Å². The minimum Gasteiger partial charge on any atom is -0.394 e. The predicted octanol–water partition coefficient (Wildman–Crippen LogP) is 0.0384. The van der Waals surface area contributed by atoms with Crippen molar-refractivity contribution >= 4 is 0 Å². The van der Waals surface area contributed by atoms with Crippen LogP contribution in [0.5, 0.6) is 0 Å². The Kier molecular flexibility index (Phi) is 5.44. The highest BCUT2D eigenvalue weighted by Gasteiger charge is 2.62. The third-order valence-corrected chi connectivity index (χ3v) is 4.95. The third kappa shape index (κ3) is 3.93. The maximum Gasteiger partial charge on any atom is 0.185 e. The van der Waals surface area contributed by atoms with Gasteiger partial charge in [0.1, 0.15) is 24.4 Å². The van der Waals surface area contributed by atoms with Crippen molar-refractivity contribution in [2.45, 2.75) is 95.6 Å². The van der Waals surface area contributed by atoms with Crippen LogP contribution in [0.15, 0.2) is 0 Å². The van der Waals surface area contributed by atoms with Crippen molar-refractivity contribution in [2.75, 3.05) is 13.2 Å². The molecule has 8 heteroatoms. The Morgan fingerprint density at radius 3 is 2.15 bits per heavy atom. The van der Waals surface area contributed by atoms with Gasteiger partial charge < -0.3 is 29.5 Å². The summed E-state index contributed by atoms with van der Waals surface area (Å²) in [6.45, 7) is 12.0. The summed E-state index contributed by atoms with van der Waals surface area (Å²) in [4.78, 5) is 5.90.